The number of aromatic nitrogens is 3. The number of ether oxygens (including phenoxy) is 1. The maximum Gasteiger partial charge on any atom is 0.267 e. The van der Waals surface area contributed by atoms with E-state index in [1.54, 1.807) is 6.07 Å². The van der Waals surface area contributed by atoms with E-state index >= 15 is 0 Å². The number of hydrogen-bond acceptors (Lipinski definition) is 6. The molecule has 140 valence electrons. The van der Waals surface area contributed by atoms with Gasteiger partial charge in [0.2, 0.25) is 5.91 Å². The largest absolute Gasteiger partial charge is 0.376 e. The van der Waals surface area contributed by atoms with Crippen molar-refractivity contribution in [3.05, 3.63) is 33.9 Å². The molecule has 8 heteroatoms. The zero-order valence-electron chi connectivity index (χ0n) is 15.3. The monoisotopic (exact) mass is 360 g/mol. The van der Waals surface area contributed by atoms with Crippen molar-refractivity contribution in [3.63, 3.8) is 0 Å². The van der Waals surface area contributed by atoms with Crippen LogP contribution in [0.4, 0.5) is 0 Å². The summed E-state index contributed by atoms with van der Waals surface area (Å²) < 4.78 is 11.9. The second kappa shape index (κ2) is 7.82. The Morgan fingerprint density at radius 2 is 2.23 bits per heavy atom. The van der Waals surface area contributed by atoms with E-state index < -0.39 is 0 Å². The molecule has 1 aliphatic rings. The van der Waals surface area contributed by atoms with Gasteiger partial charge in [0.05, 0.1) is 17.5 Å². The first-order valence-electron chi connectivity index (χ1n) is 8.88. The van der Waals surface area contributed by atoms with E-state index in [1.165, 1.54) is 10.7 Å². The summed E-state index contributed by atoms with van der Waals surface area (Å²) in [6.45, 7) is 6.83. The van der Waals surface area contributed by atoms with E-state index in [0.717, 1.165) is 25.1 Å². The summed E-state index contributed by atoms with van der Waals surface area (Å²) in [5.41, 5.74) is 1.67. The Morgan fingerprint density at radius 1 is 1.42 bits per heavy atom. The zero-order valence-corrected chi connectivity index (χ0v) is 15.3. The Bertz CT molecular complexity index is 834. The third kappa shape index (κ3) is 4.19. The molecule has 1 saturated heterocycles. The van der Waals surface area contributed by atoms with Crippen LogP contribution in [0.15, 0.2) is 21.5 Å². The fourth-order valence-electron chi connectivity index (χ4n) is 2.96. The number of carbonyl (C=O) groups excluding carboxylic acids is 1. The van der Waals surface area contributed by atoms with Gasteiger partial charge >= 0.3 is 0 Å². The van der Waals surface area contributed by atoms with Gasteiger partial charge in [0.15, 0.2) is 5.76 Å². The van der Waals surface area contributed by atoms with Crippen LogP contribution in [0.3, 0.4) is 0 Å². The first-order chi connectivity index (χ1) is 12.4. The minimum Gasteiger partial charge on any atom is -0.376 e. The quantitative estimate of drug-likeness (QED) is 0.840. The molecule has 0 bridgehead atoms. The van der Waals surface area contributed by atoms with Crippen LogP contribution in [0.25, 0.3) is 11.3 Å². The fourth-order valence-corrected chi connectivity index (χ4v) is 2.96. The topological polar surface area (TPSA) is 99.2 Å². The second-order valence-corrected chi connectivity index (χ2v) is 6.87. The molecule has 1 aliphatic heterocycles. The maximum atomic E-state index is 12.4. The van der Waals surface area contributed by atoms with Crippen LogP contribution in [-0.2, 0) is 16.1 Å². The summed E-state index contributed by atoms with van der Waals surface area (Å²) in [6.07, 6.45) is 2.02. The van der Waals surface area contributed by atoms with Gasteiger partial charge < -0.3 is 14.6 Å². The second-order valence-electron chi connectivity index (χ2n) is 6.87. The number of amides is 1. The van der Waals surface area contributed by atoms with Crippen LogP contribution in [0.1, 0.15) is 44.0 Å². The zero-order chi connectivity index (χ0) is 18.7. The average molecular weight is 360 g/mol. The molecule has 1 unspecified atom stereocenters. The van der Waals surface area contributed by atoms with Crippen LogP contribution in [0.5, 0.6) is 0 Å². The number of rotatable bonds is 6. The molecule has 0 saturated carbocycles. The summed E-state index contributed by atoms with van der Waals surface area (Å²) >= 11 is 0. The normalized spacial score (nSPS) is 17.0. The van der Waals surface area contributed by atoms with Crippen molar-refractivity contribution in [2.24, 2.45) is 0 Å². The van der Waals surface area contributed by atoms with Gasteiger partial charge in [-0.1, -0.05) is 19.0 Å². The summed E-state index contributed by atoms with van der Waals surface area (Å²) in [5.74, 6) is 0.302. The molecule has 8 nitrogen and oxygen atoms in total. The lowest BCUT2D eigenvalue weighted by Gasteiger charge is -2.14. The van der Waals surface area contributed by atoms with E-state index in [-0.39, 0.29) is 30.0 Å². The predicted octanol–water partition coefficient (Wildman–Crippen LogP) is 1.63. The Balaban J connectivity index is 1.78. The number of carbonyl (C=O) groups is 1. The van der Waals surface area contributed by atoms with Gasteiger partial charge in [-0.25, -0.2) is 4.68 Å². The van der Waals surface area contributed by atoms with Gasteiger partial charge in [0.1, 0.15) is 6.54 Å². The summed E-state index contributed by atoms with van der Waals surface area (Å²) in [7, 11) is 0. The number of hydrogen-bond donors (Lipinski definition) is 1. The molecule has 3 heterocycles. The molecule has 2 aromatic heterocycles. The molecule has 0 aromatic carbocycles. The Hall–Kier alpha value is -2.48. The predicted molar refractivity (Wildman–Crippen MR) is 94.8 cm³/mol. The van der Waals surface area contributed by atoms with Crippen molar-refractivity contribution < 1.29 is 14.1 Å². The Morgan fingerprint density at radius 3 is 2.85 bits per heavy atom. The number of nitrogens with one attached hydrogen (secondary N) is 1. The average Bonchev–Trinajstić information content (AvgIpc) is 3.25. The molecule has 1 amide bonds. The van der Waals surface area contributed by atoms with Crippen molar-refractivity contribution in [3.8, 4) is 11.3 Å². The minimum atomic E-state index is -0.356. The number of aryl methyl sites for hydroxylation is 1. The van der Waals surface area contributed by atoms with Crippen LogP contribution in [0, 0.1) is 6.92 Å². The summed E-state index contributed by atoms with van der Waals surface area (Å²) in [6, 6.07) is 3.22. The van der Waals surface area contributed by atoms with Gasteiger partial charge in [-0.2, -0.15) is 5.10 Å². The van der Waals surface area contributed by atoms with Crippen molar-refractivity contribution in [1.82, 2.24) is 20.3 Å². The van der Waals surface area contributed by atoms with Gasteiger partial charge in [-0.15, -0.1) is 0 Å². The molecule has 26 heavy (non-hydrogen) atoms. The first kappa shape index (κ1) is 18.3. The molecule has 1 N–H and O–H groups in total. The van der Waals surface area contributed by atoms with E-state index in [2.05, 4.69) is 15.6 Å². The Kier molecular flexibility index (Phi) is 5.51. The van der Waals surface area contributed by atoms with Crippen molar-refractivity contribution in [2.75, 3.05) is 13.2 Å². The molecular formula is C18H24N4O4. The highest BCUT2D eigenvalue weighted by Gasteiger charge is 2.19. The first-order valence-corrected chi connectivity index (χ1v) is 8.88. The van der Waals surface area contributed by atoms with Crippen LogP contribution in [-0.4, -0.2) is 40.1 Å². The standard InChI is InChI=1S/C18H24N4O4/c1-11(2)18-14(15-7-12(3)21-26-15)8-17(24)22(20-18)10-16(23)19-9-13-5-4-6-25-13/h7-8,11,13H,4-6,9-10H2,1-3H3,(H,19,23). The maximum absolute atomic E-state index is 12.4. The highest BCUT2D eigenvalue weighted by atomic mass is 16.5. The van der Waals surface area contributed by atoms with Crippen LogP contribution >= 0.6 is 0 Å². The third-order valence-electron chi connectivity index (χ3n) is 4.31. The minimum absolute atomic E-state index is 0.0530. The van der Waals surface area contributed by atoms with Crippen LogP contribution < -0.4 is 10.9 Å². The van der Waals surface area contributed by atoms with Crippen LogP contribution in [0.2, 0.25) is 0 Å². The van der Waals surface area contributed by atoms with Crippen molar-refractivity contribution in [2.45, 2.75) is 52.2 Å². The van der Waals surface area contributed by atoms with E-state index in [1.807, 2.05) is 20.8 Å². The molecule has 3 rings (SSSR count). The van der Waals surface area contributed by atoms with Crippen molar-refractivity contribution in [1.29, 1.82) is 0 Å². The molecule has 1 fully saturated rings. The fraction of sp³-hybridized carbons (Fsp3) is 0.556. The summed E-state index contributed by atoms with van der Waals surface area (Å²) in [4.78, 5) is 24.6. The van der Waals surface area contributed by atoms with E-state index in [4.69, 9.17) is 9.26 Å². The lowest BCUT2D eigenvalue weighted by atomic mass is 10.0. The molecule has 2 aromatic rings. The number of nitrogens with zero attached hydrogens (tertiary/aromatic N) is 3. The van der Waals surface area contributed by atoms with Gasteiger partial charge in [0, 0.05) is 30.8 Å². The smallest absolute Gasteiger partial charge is 0.267 e. The van der Waals surface area contributed by atoms with E-state index in [9.17, 15) is 9.59 Å². The third-order valence-corrected chi connectivity index (χ3v) is 4.31. The lowest BCUT2D eigenvalue weighted by Crippen LogP contribution is -2.37. The van der Waals surface area contributed by atoms with Gasteiger partial charge in [-0.05, 0) is 25.7 Å². The molecular weight excluding hydrogens is 336 g/mol. The highest BCUT2D eigenvalue weighted by Crippen LogP contribution is 2.26. The molecule has 0 spiro atoms. The highest BCUT2D eigenvalue weighted by molar-refractivity contribution is 5.75. The molecule has 0 aliphatic carbocycles. The Labute approximate surface area is 151 Å². The van der Waals surface area contributed by atoms with Gasteiger partial charge in [-0.3, -0.25) is 9.59 Å². The molecule has 1 atom stereocenters. The SMILES string of the molecule is Cc1cc(-c2cc(=O)n(CC(=O)NCC3CCCO3)nc2C(C)C)on1. The summed E-state index contributed by atoms with van der Waals surface area (Å²) in [5, 5.41) is 11.1. The van der Waals surface area contributed by atoms with E-state index in [0.29, 0.717) is 23.6 Å². The van der Waals surface area contributed by atoms with Gasteiger partial charge in [0.25, 0.3) is 5.56 Å². The lowest BCUT2D eigenvalue weighted by molar-refractivity contribution is -0.122. The molecule has 0 radical (unpaired) electrons. The van der Waals surface area contributed by atoms with Crippen molar-refractivity contribution >= 4 is 5.91 Å².